The Morgan fingerprint density at radius 1 is 1.78 bits per heavy atom. The Morgan fingerprint density at radius 2 is 2.56 bits per heavy atom. The number of carbonyl (C=O) groups excluding carboxylic acids is 1. The molecule has 1 aliphatic heterocycles. The summed E-state index contributed by atoms with van der Waals surface area (Å²) < 4.78 is 0. The van der Waals surface area contributed by atoms with Gasteiger partial charge in [0, 0.05) is 18.8 Å². The molecule has 0 aromatic heterocycles. The Balaban J connectivity index is 2.31. The monoisotopic (exact) mass is 146 g/mol. The van der Waals surface area contributed by atoms with Crippen molar-refractivity contribution < 1.29 is 9.90 Å². The second-order valence-electron chi connectivity index (χ2n) is 1.88. The minimum Gasteiger partial charge on any atom is -0.549 e. The molecule has 0 saturated carbocycles. The van der Waals surface area contributed by atoms with Crippen molar-refractivity contribution in [3.05, 3.63) is 0 Å². The predicted octanol–water partition coefficient (Wildman–Crippen LogP) is -1.56. The van der Waals surface area contributed by atoms with E-state index in [1.807, 2.05) is 0 Å². The smallest absolute Gasteiger partial charge is 0.0568 e. The molecular formula is C5H8NO2S-. The minimum absolute atomic E-state index is 0.334. The molecule has 1 rings (SSSR count). The van der Waals surface area contributed by atoms with Gasteiger partial charge in [0.2, 0.25) is 0 Å². The van der Waals surface area contributed by atoms with Crippen molar-refractivity contribution in [3.8, 4) is 0 Å². The van der Waals surface area contributed by atoms with Crippen LogP contribution >= 0.6 is 11.8 Å². The van der Waals surface area contributed by atoms with Crippen molar-refractivity contribution in [2.75, 3.05) is 18.8 Å². The first-order valence-electron chi connectivity index (χ1n) is 2.84. The predicted molar refractivity (Wildman–Crippen MR) is 34.1 cm³/mol. The largest absolute Gasteiger partial charge is 0.549 e. The zero-order chi connectivity index (χ0) is 6.69. The summed E-state index contributed by atoms with van der Waals surface area (Å²) in [6.45, 7) is 1.46. The van der Waals surface area contributed by atoms with E-state index in [1.54, 1.807) is 0 Å². The van der Waals surface area contributed by atoms with Gasteiger partial charge in [-0.2, -0.15) is 0 Å². The Bertz CT molecular complexity index is 112. The number of aliphatic carboxylic acids is 1. The van der Waals surface area contributed by atoms with Crippen LogP contribution in [0.4, 0.5) is 0 Å². The number of carboxylic acids is 1. The molecule has 9 heavy (non-hydrogen) atoms. The third kappa shape index (κ3) is 1.87. The third-order valence-corrected chi connectivity index (χ3v) is 2.39. The number of rotatable bonds is 1. The van der Waals surface area contributed by atoms with Crippen LogP contribution in [0.2, 0.25) is 0 Å². The Hall–Kier alpha value is -0.220. The molecule has 0 radical (unpaired) electrons. The van der Waals surface area contributed by atoms with Crippen LogP contribution in [0.3, 0.4) is 0 Å². The first kappa shape index (κ1) is 6.89. The summed E-state index contributed by atoms with van der Waals surface area (Å²) in [4.78, 5) is 10.2. The summed E-state index contributed by atoms with van der Waals surface area (Å²) in [6.07, 6.45) is 0. The highest BCUT2D eigenvalue weighted by Crippen LogP contribution is 2.11. The summed E-state index contributed by atoms with van der Waals surface area (Å²) in [5.74, 6) is -0.0780. The quantitative estimate of drug-likeness (QED) is 0.486. The fourth-order valence-corrected chi connectivity index (χ4v) is 1.64. The second-order valence-corrected chi connectivity index (χ2v) is 3.19. The standard InChI is InChI=1S/C5H9NO2S/c7-5(8)4-3-6-1-2-9-4/h4,6H,1-3H2,(H,7,8)/p-1. The van der Waals surface area contributed by atoms with Gasteiger partial charge in [0.15, 0.2) is 0 Å². The van der Waals surface area contributed by atoms with E-state index >= 15 is 0 Å². The van der Waals surface area contributed by atoms with Crippen LogP contribution in [0.25, 0.3) is 0 Å². The van der Waals surface area contributed by atoms with Gasteiger partial charge in [0.25, 0.3) is 0 Å². The Kier molecular flexibility index (Phi) is 2.36. The lowest BCUT2D eigenvalue weighted by molar-refractivity contribution is -0.304. The molecule has 1 aliphatic rings. The van der Waals surface area contributed by atoms with Crippen molar-refractivity contribution in [1.82, 2.24) is 5.32 Å². The van der Waals surface area contributed by atoms with Crippen LogP contribution in [0, 0.1) is 0 Å². The van der Waals surface area contributed by atoms with Crippen molar-refractivity contribution in [2.45, 2.75) is 5.25 Å². The number of carbonyl (C=O) groups is 1. The second kappa shape index (κ2) is 3.08. The van der Waals surface area contributed by atoms with Gasteiger partial charge in [-0.15, -0.1) is 11.8 Å². The van der Waals surface area contributed by atoms with Crippen LogP contribution in [-0.4, -0.2) is 30.1 Å². The van der Waals surface area contributed by atoms with Crippen molar-refractivity contribution in [2.24, 2.45) is 0 Å². The molecule has 0 bridgehead atoms. The lowest BCUT2D eigenvalue weighted by Gasteiger charge is -2.22. The Labute approximate surface area is 57.8 Å². The fourth-order valence-electron chi connectivity index (χ4n) is 0.717. The normalized spacial score (nSPS) is 27.8. The van der Waals surface area contributed by atoms with Crippen molar-refractivity contribution in [3.63, 3.8) is 0 Å². The molecule has 0 aromatic rings. The molecule has 1 heterocycles. The molecular weight excluding hydrogens is 138 g/mol. The number of hydrogen-bond acceptors (Lipinski definition) is 4. The molecule has 1 saturated heterocycles. The average molecular weight is 146 g/mol. The molecule has 4 heteroatoms. The van der Waals surface area contributed by atoms with Gasteiger partial charge >= 0.3 is 0 Å². The highest BCUT2D eigenvalue weighted by molar-refractivity contribution is 8.00. The van der Waals surface area contributed by atoms with Gasteiger partial charge in [-0.25, -0.2) is 0 Å². The topological polar surface area (TPSA) is 52.2 Å². The molecule has 1 unspecified atom stereocenters. The summed E-state index contributed by atoms with van der Waals surface area (Å²) in [7, 11) is 0. The summed E-state index contributed by atoms with van der Waals surface area (Å²) >= 11 is 1.45. The lowest BCUT2D eigenvalue weighted by Crippen LogP contribution is -2.44. The molecule has 0 amide bonds. The zero-order valence-corrected chi connectivity index (χ0v) is 5.74. The van der Waals surface area contributed by atoms with Crippen LogP contribution in [-0.2, 0) is 4.79 Å². The highest BCUT2D eigenvalue weighted by Gasteiger charge is 2.13. The van der Waals surface area contributed by atoms with Gasteiger partial charge in [-0.1, -0.05) is 0 Å². The van der Waals surface area contributed by atoms with Gasteiger partial charge in [-0.05, 0) is 0 Å². The van der Waals surface area contributed by atoms with E-state index in [0.717, 1.165) is 12.3 Å². The van der Waals surface area contributed by atoms with Crippen LogP contribution in [0.5, 0.6) is 0 Å². The SMILES string of the molecule is O=C([O-])C1CNCCS1. The molecule has 1 fully saturated rings. The average Bonchev–Trinajstić information content (AvgIpc) is 1.90. The van der Waals surface area contributed by atoms with E-state index < -0.39 is 5.97 Å². The van der Waals surface area contributed by atoms with E-state index in [9.17, 15) is 9.90 Å². The molecule has 1 N–H and O–H groups in total. The maximum absolute atomic E-state index is 10.2. The minimum atomic E-state index is -0.952. The van der Waals surface area contributed by atoms with Gasteiger partial charge < -0.3 is 15.2 Å². The maximum atomic E-state index is 10.2. The van der Waals surface area contributed by atoms with Crippen LogP contribution in [0.1, 0.15) is 0 Å². The highest BCUT2D eigenvalue weighted by atomic mass is 32.2. The lowest BCUT2D eigenvalue weighted by atomic mass is 10.4. The first-order chi connectivity index (χ1) is 4.30. The summed E-state index contributed by atoms with van der Waals surface area (Å²) in [5.41, 5.74) is 0. The number of thioether (sulfide) groups is 1. The third-order valence-electron chi connectivity index (χ3n) is 1.19. The molecule has 0 aromatic carbocycles. The molecule has 1 atom stereocenters. The Morgan fingerprint density at radius 3 is 2.89 bits per heavy atom. The van der Waals surface area contributed by atoms with Crippen LogP contribution in [0.15, 0.2) is 0 Å². The van der Waals surface area contributed by atoms with E-state index in [0.29, 0.717) is 6.54 Å². The van der Waals surface area contributed by atoms with E-state index in [4.69, 9.17) is 0 Å². The number of hydrogen-bond donors (Lipinski definition) is 1. The van der Waals surface area contributed by atoms with Crippen molar-refractivity contribution >= 4 is 17.7 Å². The van der Waals surface area contributed by atoms with E-state index in [2.05, 4.69) is 5.32 Å². The van der Waals surface area contributed by atoms with E-state index in [-0.39, 0.29) is 5.25 Å². The van der Waals surface area contributed by atoms with Crippen molar-refractivity contribution in [1.29, 1.82) is 0 Å². The van der Waals surface area contributed by atoms with Gasteiger partial charge in [-0.3, -0.25) is 0 Å². The maximum Gasteiger partial charge on any atom is 0.0568 e. The zero-order valence-electron chi connectivity index (χ0n) is 4.92. The fraction of sp³-hybridized carbons (Fsp3) is 0.800. The molecule has 0 aliphatic carbocycles. The van der Waals surface area contributed by atoms with Crippen LogP contribution < -0.4 is 10.4 Å². The first-order valence-corrected chi connectivity index (χ1v) is 3.89. The molecule has 3 nitrogen and oxygen atoms in total. The molecule has 0 spiro atoms. The number of carboxylic acid groups (broad SMARTS) is 1. The van der Waals surface area contributed by atoms with E-state index in [1.165, 1.54) is 11.8 Å². The van der Waals surface area contributed by atoms with Gasteiger partial charge in [0.1, 0.15) is 0 Å². The number of nitrogens with one attached hydrogen (secondary N) is 1. The van der Waals surface area contributed by atoms with Gasteiger partial charge in [0.05, 0.1) is 11.2 Å². The summed E-state index contributed by atoms with van der Waals surface area (Å²) in [6, 6.07) is 0. The summed E-state index contributed by atoms with van der Waals surface area (Å²) in [5, 5.41) is 12.8. The molecule has 52 valence electrons.